The van der Waals surface area contributed by atoms with E-state index in [1.807, 2.05) is 0 Å². The van der Waals surface area contributed by atoms with E-state index >= 15 is 0 Å². The van der Waals surface area contributed by atoms with Crippen molar-refractivity contribution in [2.75, 3.05) is 12.4 Å². The SMILES string of the molecule is CCC(C(=O)O)N(C)C(=O)Nc1cc(Br)c(F)cc1C. The smallest absolute Gasteiger partial charge is 0.326 e. The van der Waals surface area contributed by atoms with E-state index in [1.54, 1.807) is 13.8 Å². The summed E-state index contributed by atoms with van der Waals surface area (Å²) in [6, 6.07) is 1.27. The van der Waals surface area contributed by atoms with Crippen LogP contribution in [-0.4, -0.2) is 35.1 Å². The van der Waals surface area contributed by atoms with Gasteiger partial charge in [0, 0.05) is 12.7 Å². The molecule has 0 aliphatic heterocycles. The summed E-state index contributed by atoms with van der Waals surface area (Å²) in [4.78, 5) is 24.1. The fourth-order valence-corrected chi connectivity index (χ4v) is 2.08. The van der Waals surface area contributed by atoms with Gasteiger partial charge in [-0.2, -0.15) is 0 Å². The summed E-state index contributed by atoms with van der Waals surface area (Å²) in [6.07, 6.45) is 0.297. The minimum Gasteiger partial charge on any atom is -0.480 e. The average molecular weight is 347 g/mol. The summed E-state index contributed by atoms with van der Waals surface area (Å²) in [5.41, 5.74) is 0.978. The summed E-state index contributed by atoms with van der Waals surface area (Å²) >= 11 is 3.04. The molecule has 0 aromatic heterocycles. The van der Waals surface area contributed by atoms with Crippen molar-refractivity contribution in [1.29, 1.82) is 0 Å². The van der Waals surface area contributed by atoms with Crippen LogP contribution in [0.5, 0.6) is 0 Å². The molecule has 1 aromatic rings. The van der Waals surface area contributed by atoms with Gasteiger partial charge in [0.05, 0.1) is 4.47 Å². The molecule has 2 amide bonds. The number of likely N-dealkylation sites (N-methyl/N-ethyl adjacent to an activating group) is 1. The molecular formula is C13H16BrFN2O3. The molecule has 0 heterocycles. The van der Waals surface area contributed by atoms with Gasteiger partial charge in [0.1, 0.15) is 11.9 Å². The number of carboxylic acid groups (broad SMARTS) is 1. The highest BCUT2D eigenvalue weighted by molar-refractivity contribution is 9.10. The van der Waals surface area contributed by atoms with Crippen LogP contribution in [0.2, 0.25) is 0 Å². The third-order valence-electron chi connectivity index (χ3n) is 2.97. The van der Waals surface area contributed by atoms with Crippen molar-refractivity contribution < 1.29 is 19.1 Å². The molecule has 0 spiro atoms. The minimum atomic E-state index is -1.07. The lowest BCUT2D eigenvalue weighted by Crippen LogP contribution is -2.44. The predicted molar refractivity (Wildman–Crippen MR) is 77.3 cm³/mol. The molecule has 0 aliphatic rings. The molecule has 0 bridgehead atoms. The molecular weight excluding hydrogens is 331 g/mol. The lowest BCUT2D eigenvalue weighted by Gasteiger charge is -2.24. The second kappa shape index (κ2) is 6.69. The molecule has 1 unspecified atom stereocenters. The summed E-state index contributed by atoms with van der Waals surface area (Å²) in [5.74, 6) is -1.49. The van der Waals surface area contributed by atoms with E-state index in [2.05, 4.69) is 21.2 Å². The second-order valence-electron chi connectivity index (χ2n) is 4.38. The molecule has 20 heavy (non-hydrogen) atoms. The fourth-order valence-electron chi connectivity index (χ4n) is 1.74. The van der Waals surface area contributed by atoms with Crippen molar-refractivity contribution in [3.8, 4) is 0 Å². The molecule has 7 heteroatoms. The molecule has 0 saturated carbocycles. The Morgan fingerprint density at radius 2 is 2.10 bits per heavy atom. The number of rotatable bonds is 4. The van der Waals surface area contributed by atoms with E-state index in [4.69, 9.17) is 5.11 Å². The number of hydrogen-bond acceptors (Lipinski definition) is 2. The minimum absolute atomic E-state index is 0.228. The molecule has 1 rings (SSSR count). The molecule has 0 aliphatic carbocycles. The number of aryl methyl sites for hydroxylation is 1. The third kappa shape index (κ3) is 3.69. The summed E-state index contributed by atoms with van der Waals surface area (Å²) in [7, 11) is 1.41. The number of benzene rings is 1. The molecule has 110 valence electrons. The van der Waals surface area contributed by atoms with Gasteiger partial charge in [-0.3, -0.25) is 0 Å². The van der Waals surface area contributed by atoms with Gasteiger partial charge in [0.2, 0.25) is 0 Å². The topological polar surface area (TPSA) is 69.6 Å². The Morgan fingerprint density at radius 1 is 1.50 bits per heavy atom. The summed E-state index contributed by atoms with van der Waals surface area (Å²) in [6.45, 7) is 3.34. The van der Waals surface area contributed by atoms with Crippen LogP contribution >= 0.6 is 15.9 Å². The number of anilines is 1. The van der Waals surface area contributed by atoms with Crippen LogP contribution in [-0.2, 0) is 4.79 Å². The van der Waals surface area contributed by atoms with Crippen LogP contribution in [0.1, 0.15) is 18.9 Å². The van der Waals surface area contributed by atoms with Gasteiger partial charge in [0.25, 0.3) is 0 Å². The van der Waals surface area contributed by atoms with E-state index < -0.39 is 23.9 Å². The van der Waals surface area contributed by atoms with Crippen molar-refractivity contribution in [2.45, 2.75) is 26.3 Å². The lowest BCUT2D eigenvalue weighted by atomic mass is 10.2. The maximum atomic E-state index is 13.3. The first-order chi connectivity index (χ1) is 9.27. The van der Waals surface area contributed by atoms with E-state index in [-0.39, 0.29) is 4.47 Å². The summed E-state index contributed by atoms with van der Waals surface area (Å²) < 4.78 is 13.5. The van der Waals surface area contributed by atoms with E-state index in [0.717, 1.165) is 4.90 Å². The number of nitrogens with one attached hydrogen (secondary N) is 1. The van der Waals surface area contributed by atoms with Crippen LogP contribution in [0, 0.1) is 12.7 Å². The quantitative estimate of drug-likeness (QED) is 0.879. The highest BCUT2D eigenvalue weighted by atomic mass is 79.9. The van der Waals surface area contributed by atoms with Crippen molar-refractivity contribution >= 4 is 33.6 Å². The van der Waals surface area contributed by atoms with E-state index in [0.29, 0.717) is 17.7 Å². The molecule has 2 N–H and O–H groups in total. The fraction of sp³-hybridized carbons (Fsp3) is 0.385. The number of carbonyl (C=O) groups excluding carboxylic acids is 1. The Morgan fingerprint density at radius 3 is 2.60 bits per heavy atom. The molecule has 0 saturated heterocycles. The molecule has 5 nitrogen and oxygen atoms in total. The van der Waals surface area contributed by atoms with Crippen molar-refractivity contribution in [3.05, 3.63) is 28.0 Å². The van der Waals surface area contributed by atoms with Crippen molar-refractivity contribution in [3.63, 3.8) is 0 Å². The van der Waals surface area contributed by atoms with Gasteiger partial charge < -0.3 is 15.3 Å². The number of halogens is 2. The number of nitrogens with zero attached hydrogens (tertiary/aromatic N) is 1. The average Bonchev–Trinajstić information content (AvgIpc) is 2.36. The first kappa shape index (κ1) is 16.4. The zero-order valence-corrected chi connectivity index (χ0v) is 13.0. The Balaban J connectivity index is 2.90. The first-order valence-electron chi connectivity index (χ1n) is 6.00. The number of aliphatic carboxylic acids is 1. The molecule has 0 radical (unpaired) electrons. The molecule has 1 atom stereocenters. The number of hydrogen-bond donors (Lipinski definition) is 2. The van der Waals surface area contributed by atoms with Gasteiger partial charge in [-0.1, -0.05) is 6.92 Å². The standard InChI is InChI=1S/C13H16BrFN2O3/c1-4-11(12(18)19)17(3)13(20)16-10-6-8(14)9(15)5-7(10)2/h5-6,11H,4H2,1-3H3,(H,16,20)(H,18,19). The van der Waals surface area contributed by atoms with Gasteiger partial charge in [-0.15, -0.1) is 0 Å². The Kier molecular flexibility index (Phi) is 5.50. The summed E-state index contributed by atoms with van der Waals surface area (Å²) in [5, 5.41) is 11.6. The normalized spacial score (nSPS) is 11.8. The molecule has 0 fully saturated rings. The monoisotopic (exact) mass is 346 g/mol. The van der Waals surface area contributed by atoms with E-state index in [9.17, 15) is 14.0 Å². The number of carbonyl (C=O) groups is 2. The number of amides is 2. The van der Waals surface area contributed by atoms with Crippen LogP contribution in [0.3, 0.4) is 0 Å². The zero-order chi connectivity index (χ0) is 15.4. The maximum Gasteiger partial charge on any atom is 0.326 e. The number of carboxylic acids is 1. The number of urea groups is 1. The first-order valence-corrected chi connectivity index (χ1v) is 6.79. The highest BCUT2D eigenvalue weighted by Crippen LogP contribution is 2.24. The largest absolute Gasteiger partial charge is 0.480 e. The second-order valence-corrected chi connectivity index (χ2v) is 5.24. The van der Waals surface area contributed by atoms with Crippen LogP contribution in [0.25, 0.3) is 0 Å². The van der Waals surface area contributed by atoms with Crippen molar-refractivity contribution in [1.82, 2.24) is 4.90 Å². The van der Waals surface area contributed by atoms with Crippen LogP contribution in [0.15, 0.2) is 16.6 Å². The Bertz CT molecular complexity index is 537. The Labute approximate surface area is 124 Å². The predicted octanol–water partition coefficient (Wildman–Crippen LogP) is 3.22. The highest BCUT2D eigenvalue weighted by Gasteiger charge is 2.25. The maximum absolute atomic E-state index is 13.3. The van der Waals surface area contributed by atoms with E-state index in [1.165, 1.54) is 19.2 Å². The van der Waals surface area contributed by atoms with Crippen molar-refractivity contribution in [2.24, 2.45) is 0 Å². The van der Waals surface area contributed by atoms with Crippen LogP contribution in [0.4, 0.5) is 14.9 Å². The Hall–Kier alpha value is -1.63. The van der Waals surface area contributed by atoms with Gasteiger partial charge >= 0.3 is 12.0 Å². The van der Waals surface area contributed by atoms with Crippen LogP contribution < -0.4 is 5.32 Å². The lowest BCUT2D eigenvalue weighted by molar-refractivity contribution is -0.141. The third-order valence-corrected chi connectivity index (χ3v) is 3.58. The zero-order valence-electron chi connectivity index (χ0n) is 11.4. The van der Waals surface area contributed by atoms with Gasteiger partial charge in [-0.05, 0) is 47.0 Å². The molecule has 1 aromatic carbocycles. The van der Waals surface area contributed by atoms with Gasteiger partial charge in [0.15, 0.2) is 0 Å². The van der Waals surface area contributed by atoms with Gasteiger partial charge in [-0.25, -0.2) is 14.0 Å².